The van der Waals surface area contributed by atoms with E-state index in [4.69, 9.17) is 14.2 Å². The fourth-order valence-corrected chi connectivity index (χ4v) is 6.33. The van der Waals surface area contributed by atoms with E-state index in [1.807, 2.05) is 71.6 Å². The first-order valence-corrected chi connectivity index (χ1v) is 13.9. The van der Waals surface area contributed by atoms with Crippen LogP contribution in [0.25, 0.3) is 0 Å². The largest absolute Gasteiger partial charge is 0.497 e. The van der Waals surface area contributed by atoms with Gasteiger partial charge >= 0.3 is 0 Å². The normalized spacial score (nSPS) is 20.4. The number of benzene rings is 2. The maximum atomic E-state index is 14.3. The summed E-state index contributed by atoms with van der Waals surface area (Å²) in [4.78, 5) is 43.1. The Morgan fingerprint density at radius 2 is 1.64 bits per heavy atom. The van der Waals surface area contributed by atoms with Gasteiger partial charge in [-0.05, 0) is 59.0 Å². The van der Waals surface area contributed by atoms with Crippen molar-refractivity contribution in [2.75, 3.05) is 27.9 Å². The zero-order valence-corrected chi connectivity index (χ0v) is 23.9. The first-order chi connectivity index (χ1) is 20.4. The molecule has 3 aromatic rings. The van der Waals surface area contributed by atoms with Gasteiger partial charge in [-0.1, -0.05) is 36.4 Å². The highest BCUT2D eigenvalue weighted by Gasteiger charge is 2.54. The summed E-state index contributed by atoms with van der Waals surface area (Å²) in [5.41, 5.74) is 3.04. The van der Waals surface area contributed by atoms with E-state index < -0.39 is 5.54 Å². The zero-order valence-electron chi connectivity index (χ0n) is 23.9. The fourth-order valence-electron chi connectivity index (χ4n) is 6.33. The summed E-state index contributed by atoms with van der Waals surface area (Å²) in [5, 5.41) is 3.00. The molecule has 2 amide bonds. The van der Waals surface area contributed by atoms with Crippen LogP contribution in [-0.2, 0) is 34.6 Å². The van der Waals surface area contributed by atoms with E-state index in [-0.39, 0.29) is 42.3 Å². The maximum Gasteiger partial charge on any atom is 0.268 e. The molecule has 42 heavy (non-hydrogen) atoms. The number of hydrogen-bond acceptors (Lipinski definition) is 6. The van der Waals surface area contributed by atoms with Crippen molar-refractivity contribution in [2.24, 2.45) is 0 Å². The molecule has 0 fully saturated rings. The Morgan fingerprint density at radius 1 is 0.976 bits per heavy atom. The van der Waals surface area contributed by atoms with Gasteiger partial charge in [-0.15, -0.1) is 0 Å². The Bertz CT molecular complexity index is 1650. The predicted molar refractivity (Wildman–Crippen MR) is 157 cm³/mol. The van der Waals surface area contributed by atoms with Gasteiger partial charge in [-0.25, -0.2) is 0 Å². The number of rotatable bonds is 8. The van der Waals surface area contributed by atoms with Crippen LogP contribution in [-0.4, -0.2) is 55.3 Å². The Kier molecular flexibility index (Phi) is 7.20. The van der Waals surface area contributed by atoms with Crippen molar-refractivity contribution >= 4 is 11.8 Å². The van der Waals surface area contributed by atoms with Crippen molar-refractivity contribution in [2.45, 2.75) is 37.6 Å². The summed E-state index contributed by atoms with van der Waals surface area (Å²) in [7, 11) is 4.84. The third-order valence-corrected chi connectivity index (χ3v) is 8.55. The molecule has 216 valence electrons. The lowest BCUT2D eigenvalue weighted by Crippen LogP contribution is -2.54. The van der Waals surface area contributed by atoms with Gasteiger partial charge in [-0.3, -0.25) is 19.0 Å². The number of ether oxygens (including phenoxy) is 3. The number of hydrogen-bond donors (Lipinski definition) is 1. The molecule has 2 aliphatic heterocycles. The van der Waals surface area contributed by atoms with E-state index in [1.54, 1.807) is 32.0 Å². The molecule has 0 unspecified atom stereocenters. The van der Waals surface area contributed by atoms with Gasteiger partial charge in [0, 0.05) is 38.3 Å². The minimum absolute atomic E-state index is 0.0926. The molecule has 9 heteroatoms. The van der Waals surface area contributed by atoms with Gasteiger partial charge in [0.25, 0.3) is 11.5 Å². The highest BCUT2D eigenvalue weighted by molar-refractivity contribution is 5.96. The van der Waals surface area contributed by atoms with Gasteiger partial charge in [0.05, 0.1) is 32.4 Å². The third kappa shape index (κ3) is 4.59. The molecule has 2 aromatic carbocycles. The number of nitrogens with zero attached hydrogens (tertiary/aromatic N) is 2. The van der Waals surface area contributed by atoms with Gasteiger partial charge in [-0.2, -0.15) is 0 Å². The maximum absolute atomic E-state index is 14.3. The lowest BCUT2D eigenvalue weighted by molar-refractivity contribution is -0.130. The molecule has 1 spiro atoms. The number of aromatic nitrogens is 1. The van der Waals surface area contributed by atoms with Crippen LogP contribution in [0.5, 0.6) is 11.5 Å². The lowest BCUT2D eigenvalue weighted by Gasteiger charge is -2.48. The Morgan fingerprint density at radius 3 is 2.29 bits per heavy atom. The smallest absolute Gasteiger partial charge is 0.268 e. The lowest BCUT2D eigenvalue weighted by atomic mass is 9.71. The summed E-state index contributed by atoms with van der Waals surface area (Å²) < 4.78 is 17.8. The molecule has 0 saturated heterocycles. The highest BCUT2D eigenvalue weighted by Crippen LogP contribution is 2.50. The number of nitrogens with one attached hydrogen (secondary N) is 1. The molecule has 0 bridgehead atoms. The number of pyridine rings is 1. The van der Waals surface area contributed by atoms with Crippen LogP contribution in [0.3, 0.4) is 0 Å². The Balaban J connectivity index is 1.45. The van der Waals surface area contributed by atoms with Crippen molar-refractivity contribution in [1.82, 2.24) is 14.8 Å². The van der Waals surface area contributed by atoms with Gasteiger partial charge in [0.1, 0.15) is 17.2 Å². The van der Waals surface area contributed by atoms with E-state index >= 15 is 0 Å². The molecule has 6 rings (SSSR count). The van der Waals surface area contributed by atoms with Crippen molar-refractivity contribution in [3.05, 3.63) is 117 Å². The van der Waals surface area contributed by atoms with E-state index in [0.717, 1.165) is 22.4 Å². The minimum Gasteiger partial charge on any atom is -0.497 e. The van der Waals surface area contributed by atoms with E-state index in [2.05, 4.69) is 5.32 Å². The van der Waals surface area contributed by atoms with Crippen LogP contribution >= 0.6 is 0 Å². The van der Waals surface area contributed by atoms with Crippen molar-refractivity contribution in [3.63, 3.8) is 0 Å². The van der Waals surface area contributed by atoms with Gasteiger partial charge in [0.15, 0.2) is 0 Å². The molecule has 3 aliphatic rings. The second-order valence-corrected chi connectivity index (χ2v) is 10.7. The second-order valence-electron chi connectivity index (χ2n) is 10.7. The molecule has 0 radical (unpaired) electrons. The molecule has 1 aliphatic carbocycles. The number of carbonyl (C=O) groups is 2. The van der Waals surface area contributed by atoms with Crippen LogP contribution in [0, 0.1) is 0 Å². The SMILES string of the molecule is COc1ccc(CNC(=O)c2cc3c(c(=O)n2Cc2ccc(OC)cc2)CCN2C(=O)C=C4C=C[C@H](OC)C[C@]432)cc1. The minimum atomic E-state index is -0.858. The molecule has 3 heterocycles. The molecule has 1 N–H and O–H groups in total. The number of amides is 2. The molecular weight excluding hydrogens is 534 g/mol. The molecule has 0 saturated carbocycles. The molecule has 2 atom stereocenters. The number of fused-ring (bicyclic) bond motifs is 1. The zero-order chi connectivity index (χ0) is 29.4. The summed E-state index contributed by atoms with van der Waals surface area (Å²) in [5.74, 6) is 0.960. The quantitative estimate of drug-likeness (QED) is 0.449. The number of carbonyl (C=O) groups excluding carboxylic acids is 2. The average molecular weight is 568 g/mol. The summed E-state index contributed by atoms with van der Waals surface area (Å²) in [6.45, 7) is 0.892. The molecule has 1 aromatic heterocycles. The van der Waals surface area contributed by atoms with E-state index in [1.165, 1.54) is 0 Å². The van der Waals surface area contributed by atoms with E-state index in [0.29, 0.717) is 36.3 Å². The first-order valence-electron chi connectivity index (χ1n) is 13.9. The monoisotopic (exact) mass is 567 g/mol. The highest BCUT2D eigenvalue weighted by atomic mass is 16.5. The topological polar surface area (TPSA) is 99.1 Å². The van der Waals surface area contributed by atoms with Crippen LogP contribution in [0.15, 0.2) is 83.2 Å². The summed E-state index contributed by atoms with van der Waals surface area (Å²) in [6, 6.07) is 16.7. The Labute approximate surface area is 244 Å². The van der Waals surface area contributed by atoms with Crippen LogP contribution in [0.1, 0.15) is 39.2 Å². The predicted octanol–water partition coefficient (Wildman–Crippen LogP) is 3.34. The molecular formula is C33H33N3O6. The fraction of sp³-hybridized carbons (Fsp3) is 0.303. The van der Waals surface area contributed by atoms with Crippen LogP contribution < -0.4 is 20.3 Å². The molecule has 9 nitrogen and oxygen atoms in total. The van der Waals surface area contributed by atoms with Crippen molar-refractivity contribution in [1.29, 1.82) is 0 Å². The van der Waals surface area contributed by atoms with Crippen molar-refractivity contribution < 1.29 is 23.8 Å². The summed E-state index contributed by atoms with van der Waals surface area (Å²) >= 11 is 0. The Hall–Kier alpha value is -4.63. The van der Waals surface area contributed by atoms with Crippen LogP contribution in [0.4, 0.5) is 0 Å². The second kappa shape index (κ2) is 11.0. The van der Waals surface area contributed by atoms with Crippen LogP contribution in [0.2, 0.25) is 0 Å². The van der Waals surface area contributed by atoms with Crippen molar-refractivity contribution in [3.8, 4) is 11.5 Å². The first kappa shape index (κ1) is 27.5. The standard InChI is InChI=1S/C33H33N3O6/c1-40-24-9-4-21(5-10-24)19-34-31(38)29-17-28-27(32(39)35(29)20-22-6-11-25(41-2)12-7-22)14-15-36-30(37)16-23-8-13-26(42-3)18-33(23,28)36/h4-13,16-17,26H,14-15,18-20H2,1-3H3,(H,34,38)/t26-,33-/m0/s1. The summed E-state index contributed by atoms with van der Waals surface area (Å²) in [6.07, 6.45) is 6.13. The number of methoxy groups -OCH3 is 3. The average Bonchev–Trinajstić information content (AvgIpc) is 3.33. The van der Waals surface area contributed by atoms with Gasteiger partial charge < -0.3 is 24.4 Å². The third-order valence-electron chi connectivity index (χ3n) is 8.55. The van der Waals surface area contributed by atoms with E-state index in [9.17, 15) is 14.4 Å². The van der Waals surface area contributed by atoms with Gasteiger partial charge in [0.2, 0.25) is 5.91 Å².